The van der Waals surface area contributed by atoms with Crippen LogP contribution in [0.3, 0.4) is 0 Å². The summed E-state index contributed by atoms with van der Waals surface area (Å²) in [5.41, 5.74) is -0.106. The average molecular weight is 364 g/mol. The number of nitrogens with one attached hydrogen (secondary N) is 1. The molecule has 0 amide bonds. The third-order valence-corrected chi connectivity index (χ3v) is 5.54. The van der Waals surface area contributed by atoms with Crippen molar-refractivity contribution in [2.45, 2.75) is 32.1 Å². The maximum absolute atomic E-state index is 12.2. The van der Waals surface area contributed by atoms with Crippen LogP contribution in [0.4, 0.5) is 0 Å². The Balaban J connectivity index is 3.02. The topological polar surface area (TPSA) is 83.5 Å². The van der Waals surface area contributed by atoms with E-state index >= 15 is 0 Å². The van der Waals surface area contributed by atoms with Gasteiger partial charge in [0.15, 0.2) is 0 Å². The SMILES string of the molecule is CCC(C)(C)CNS(=O)(=O)c1ccc(C(=O)O)cc1Br. The van der Waals surface area contributed by atoms with E-state index in [0.717, 1.165) is 6.42 Å². The molecule has 0 fully saturated rings. The minimum atomic E-state index is -3.67. The van der Waals surface area contributed by atoms with Crippen LogP contribution >= 0.6 is 15.9 Å². The molecule has 0 heterocycles. The number of hydrogen-bond acceptors (Lipinski definition) is 3. The lowest BCUT2D eigenvalue weighted by atomic mass is 9.91. The van der Waals surface area contributed by atoms with Crippen molar-refractivity contribution in [2.75, 3.05) is 6.54 Å². The van der Waals surface area contributed by atoms with Crippen molar-refractivity contribution in [1.29, 1.82) is 0 Å². The average Bonchev–Trinajstić information content (AvgIpc) is 2.36. The molecule has 2 N–H and O–H groups in total. The molecule has 0 unspecified atom stereocenters. The van der Waals surface area contributed by atoms with Crippen LogP contribution in [0.1, 0.15) is 37.6 Å². The lowest BCUT2D eigenvalue weighted by Gasteiger charge is -2.23. The zero-order valence-electron chi connectivity index (χ0n) is 11.6. The molecule has 0 atom stereocenters. The Kier molecular flexibility index (Phi) is 5.34. The molecule has 1 rings (SSSR count). The van der Waals surface area contributed by atoms with Crippen molar-refractivity contribution in [3.8, 4) is 0 Å². The monoisotopic (exact) mass is 363 g/mol. The maximum Gasteiger partial charge on any atom is 0.335 e. The Morgan fingerprint density at radius 1 is 1.40 bits per heavy atom. The molecule has 0 spiro atoms. The van der Waals surface area contributed by atoms with Crippen LogP contribution in [0.2, 0.25) is 0 Å². The third kappa shape index (κ3) is 4.29. The highest BCUT2D eigenvalue weighted by Gasteiger charge is 2.23. The molecule has 0 aliphatic carbocycles. The summed E-state index contributed by atoms with van der Waals surface area (Å²) in [6.07, 6.45) is 0.842. The van der Waals surface area contributed by atoms with Gasteiger partial charge in [-0.05, 0) is 46.0 Å². The second-order valence-electron chi connectivity index (χ2n) is 5.29. The number of sulfonamides is 1. The molecule has 0 saturated heterocycles. The van der Waals surface area contributed by atoms with E-state index < -0.39 is 16.0 Å². The number of carboxylic acid groups (broad SMARTS) is 1. The fourth-order valence-corrected chi connectivity index (χ4v) is 3.66. The number of benzene rings is 1. The summed E-state index contributed by atoms with van der Waals surface area (Å²) in [6, 6.07) is 3.84. The largest absolute Gasteiger partial charge is 0.478 e. The van der Waals surface area contributed by atoms with Crippen molar-refractivity contribution in [2.24, 2.45) is 5.41 Å². The van der Waals surface area contributed by atoms with Crippen LogP contribution in [-0.2, 0) is 10.0 Å². The Bertz CT molecular complexity index is 611. The Morgan fingerprint density at radius 3 is 2.45 bits per heavy atom. The molecule has 5 nitrogen and oxygen atoms in total. The van der Waals surface area contributed by atoms with Crippen molar-refractivity contribution in [1.82, 2.24) is 4.72 Å². The lowest BCUT2D eigenvalue weighted by molar-refractivity contribution is 0.0696. The van der Waals surface area contributed by atoms with Gasteiger partial charge >= 0.3 is 5.97 Å². The summed E-state index contributed by atoms with van der Waals surface area (Å²) in [4.78, 5) is 10.9. The second kappa shape index (κ2) is 6.24. The maximum atomic E-state index is 12.2. The first-order valence-corrected chi connectivity index (χ1v) is 8.39. The van der Waals surface area contributed by atoms with Gasteiger partial charge in [-0.3, -0.25) is 0 Å². The molecule has 0 aliphatic heterocycles. The van der Waals surface area contributed by atoms with Gasteiger partial charge in [0.05, 0.1) is 10.5 Å². The quantitative estimate of drug-likeness (QED) is 0.813. The molecular weight excluding hydrogens is 346 g/mol. The number of carbonyl (C=O) groups is 1. The lowest BCUT2D eigenvalue weighted by Crippen LogP contribution is -2.33. The molecular formula is C13H18BrNO4S. The van der Waals surface area contributed by atoms with E-state index in [1.165, 1.54) is 18.2 Å². The first-order chi connectivity index (χ1) is 9.09. The molecule has 112 valence electrons. The van der Waals surface area contributed by atoms with Crippen molar-refractivity contribution < 1.29 is 18.3 Å². The molecule has 0 saturated carbocycles. The van der Waals surface area contributed by atoms with Crippen LogP contribution in [0.25, 0.3) is 0 Å². The molecule has 1 aromatic carbocycles. The van der Waals surface area contributed by atoms with Gasteiger partial charge in [0, 0.05) is 11.0 Å². The van der Waals surface area contributed by atoms with Gasteiger partial charge in [-0.25, -0.2) is 17.9 Å². The van der Waals surface area contributed by atoms with E-state index in [2.05, 4.69) is 20.7 Å². The summed E-state index contributed by atoms with van der Waals surface area (Å²) < 4.78 is 27.2. The van der Waals surface area contributed by atoms with Crippen molar-refractivity contribution in [3.05, 3.63) is 28.2 Å². The molecule has 7 heteroatoms. The highest BCUT2D eigenvalue weighted by Crippen LogP contribution is 2.25. The predicted octanol–water partition coefficient (Wildman–Crippen LogP) is 2.86. The summed E-state index contributed by atoms with van der Waals surface area (Å²) in [5.74, 6) is -1.10. The van der Waals surface area contributed by atoms with Crippen LogP contribution < -0.4 is 4.72 Å². The standard InChI is InChI=1S/C13H18BrNO4S/c1-4-13(2,3)8-15-20(18,19)11-6-5-9(12(16)17)7-10(11)14/h5-7,15H,4,8H2,1-3H3,(H,16,17). The number of halogens is 1. The fourth-order valence-electron chi connectivity index (χ4n) is 1.34. The van der Waals surface area contributed by atoms with Crippen LogP contribution in [0.5, 0.6) is 0 Å². The molecule has 0 aliphatic rings. The predicted molar refractivity (Wildman–Crippen MR) is 80.4 cm³/mol. The Morgan fingerprint density at radius 2 is 2.00 bits per heavy atom. The summed E-state index contributed by atoms with van der Waals surface area (Å²) in [6.45, 7) is 6.25. The summed E-state index contributed by atoms with van der Waals surface area (Å²) in [5, 5.41) is 8.86. The highest BCUT2D eigenvalue weighted by atomic mass is 79.9. The van der Waals surface area contributed by atoms with Crippen molar-refractivity contribution in [3.63, 3.8) is 0 Å². The van der Waals surface area contributed by atoms with E-state index in [1.54, 1.807) is 0 Å². The van der Waals surface area contributed by atoms with Gasteiger partial charge < -0.3 is 5.11 Å². The van der Waals surface area contributed by atoms with Crippen LogP contribution in [-0.4, -0.2) is 26.0 Å². The second-order valence-corrected chi connectivity index (χ2v) is 7.88. The van der Waals surface area contributed by atoms with Crippen LogP contribution in [0.15, 0.2) is 27.6 Å². The molecule has 0 radical (unpaired) electrons. The van der Waals surface area contributed by atoms with E-state index in [0.29, 0.717) is 6.54 Å². The van der Waals surface area contributed by atoms with Crippen molar-refractivity contribution >= 4 is 31.9 Å². The molecule has 0 bridgehead atoms. The van der Waals surface area contributed by atoms with Gasteiger partial charge in [-0.15, -0.1) is 0 Å². The first-order valence-electron chi connectivity index (χ1n) is 6.11. The van der Waals surface area contributed by atoms with E-state index in [1.807, 2.05) is 20.8 Å². The normalized spacial score (nSPS) is 12.4. The van der Waals surface area contributed by atoms with Gasteiger partial charge in [0.2, 0.25) is 10.0 Å². The zero-order chi connectivity index (χ0) is 15.6. The minimum Gasteiger partial charge on any atom is -0.478 e. The van der Waals surface area contributed by atoms with Gasteiger partial charge in [-0.2, -0.15) is 0 Å². The van der Waals surface area contributed by atoms with Gasteiger partial charge in [0.1, 0.15) is 0 Å². The first kappa shape index (κ1) is 17.1. The van der Waals surface area contributed by atoms with E-state index in [4.69, 9.17) is 5.11 Å². The number of carboxylic acids is 1. The van der Waals surface area contributed by atoms with Gasteiger partial charge in [0.25, 0.3) is 0 Å². The van der Waals surface area contributed by atoms with E-state index in [9.17, 15) is 13.2 Å². The number of aromatic carboxylic acids is 1. The minimum absolute atomic E-state index is 0.0321. The molecule has 0 aromatic heterocycles. The smallest absolute Gasteiger partial charge is 0.335 e. The number of rotatable bonds is 6. The third-order valence-electron chi connectivity index (χ3n) is 3.17. The fraction of sp³-hybridized carbons (Fsp3) is 0.462. The zero-order valence-corrected chi connectivity index (χ0v) is 14.0. The molecule has 20 heavy (non-hydrogen) atoms. The summed E-state index contributed by atoms with van der Waals surface area (Å²) in [7, 11) is -3.67. The Hall–Kier alpha value is -0.920. The van der Waals surface area contributed by atoms with Gasteiger partial charge in [-0.1, -0.05) is 20.8 Å². The van der Waals surface area contributed by atoms with Crippen LogP contribution in [0, 0.1) is 5.41 Å². The molecule has 1 aromatic rings. The Labute approximate surface area is 127 Å². The number of hydrogen-bond donors (Lipinski definition) is 2. The van der Waals surface area contributed by atoms with E-state index in [-0.39, 0.29) is 20.3 Å². The highest BCUT2D eigenvalue weighted by molar-refractivity contribution is 9.10. The summed E-state index contributed by atoms with van der Waals surface area (Å²) >= 11 is 3.11.